The van der Waals surface area contributed by atoms with Crippen molar-refractivity contribution in [1.82, 2.24) is 4.90 Å². The van der Waals surface area contributed by atoms with Crippen LogP contribution in [0.25, 0.3) is 0 Å². The number of phenols is 1. The van der Waals surface area contributed by atoms with Crippen molar-refractivity contribution in [3.63, 3.8) is 0 Å². The van der Waals surface area contributed by atoms with E-state index < -0.39 is 6.10 Å². The molecule has 0 spiro atoms. The van der Waals surface area contributed by atoms with Gasteiger partial charge in [-0.15, -0.1) is 0 Å². The molecule has 2 heterocycles. The number of β-amino-alcohol motifs (C(OH)–C–C–N with tert-alkyl or cyclic N) is 1. The number of phenolic OH excluding ortho intramolecular Hbond substituents is 1. The number of rotatable bonds is 2. The van der Waals surface area contributed by atoms with Gasteiger partial charge < -0.3 is 19.7 Å². The zero-order valence-electron chi connectivity index (χ0n) is 11.2. The number of aromatic hydroxyl groups is 1. The van der Waals surface area contributed by atoms with Crippen LogP contribution in [0, 0.1) is 0 Å². The summed E-state index contributed by atoms with van der Waals surface area (Å²) in [6.07, 6.45) is -0.634. The Morgan fingerprint density at radius 1 is 1.25 bits per heavy atom. The Hall–Kier alpha value is -1.82. The number of hydrogen-bond acceptors (Lipinski definition) is 5. The van der Waals surface area contributed by atoms with Crippen LogP contribution in [0.2, 0.25) is 0 Å². The molecule has 0 fully saturated rings. The maximum absolute atomic E-state index is 10.1. The lowest BCUT2D eigenvalue weighted by Gasteiger charge is -2.36. The van der Waals surface area contributed by atoms with Gasteiger partial charge in [0.2, 0.25) is 0 Å². The monoisotopic (exact) mass is 275 g/mol. The molecule has 0 radical (unpaired) electrons. The van der Waals surface area contributed by atoms with Gasteiger partial charge in [0.05, 0.1) is 12.1 Å². The summed E-state index contributed by atoms with van der Waals surface area (Å²) < 4.78 is 5.63. The fourth-order valence-electron chi connectivity index (χ4n) is 2.81. The number of aliphatic hydroxyl groups is 2. The third kappa shape index (κ3) is 2.10. The molecule has 0 saturated heterocycles. The molecule has 2 aromatic rings. The molecule has 5 nitrogen and oxygen atoms in total. The predicted molar refractivity (Wildman–Crippen MR) is 72.2 cm³/mol. The minimum Gasteiger partial charge on any atom is -0.508 e. The van der Waals surface area contributed by atoms with E-state index in [1.54, 1.807) is 24.3 Å². The highest BCUT2D eigenvalue weighted by molar-refractivity contribution is 5.43. The van der Waals surface area contributed by atoms with Crippen LogP contribution in [-0.4, -0.2) is 33.8 Å². The largest absolute Gasteiger partial charge is 0.508 e. The van der Waals surface area contributed by atoms with Gasteiger partial charge in [-0.05, 0) is 42.4 Å². The van der Waals surface area contributed by atoms with Crippen molar-refractivity contribution in [3.8, 4) is 5.75 Å². The highest BCUT2D eigenvalue weighted by atomic mass is 16.4. The Morgan fingerprint density at radius 2 is 2.05 bits per heavy atom. The van der Waals surface area contributed by atoms with Crippen molar-refractivity contribution < 1.29 is 19.7 Å². The molecule has 1 aliphatic heterocycles. The minimum absolute atomic E-state index is 0.130. The number of aliphatic hydroxyl groups excluding tert-OH is 2. The molecule has 1 aromatic heterocycles. The molecule has 0 saturated carbocycles. The molecule has 0 amide bonds. The molecular formula is C15H17NO4. The predicted octanol–water partition coefficient (Wildman–Crippen LogP) is 1.55. The van der Waals surface area contributed by atoms with E-state index in [-0.39, 0.29) is 18.4 Å². The van der Waals surface area contributed by atoms with Crippen LogP contribution in [0.1, 0.15) is 34.8 Å². The Bertz CT molecular complexity index is 622. The summed E-state index contributed by atoms with van der Waals surface area (Å²) in [4.78, 5) is 1.99. The molecule has 0 bridgehead atoms. The average molecular weight is 275 g/mol. The van der Waals surface area contributed by atoms with Crippen molar-refractivity contribution in [1.29, 1.82) is 0 Å². The van der Waals surface area contributed by atoms with Crippen molar-refractivity contribution in [2.75, 3.05) is 13.6 Å². The van der Waals surface area contributed by atoms with E-state index in [4.69, 9.17) is 9.52 Å². The van der Waals surface area contributed by atoms with Crippen LogP contribution < -0.4 is 0 Å². The standard InChI is InChI=1S/C15H17NO4/c1-16-7-13(19)12-6-9(18)2-4-11(12)15(16)14-5-3-10(8-17)20-14/h2-6,13,15,17-19H,7-8H2,1H3/t13-,15-/m0/s1. The van der Waals surface area contributed by atoms with Crippen molar-refractivity contribution in [2.45, 2.75) is 18.8 Å². The summed E-state index contributed by atoms with van der Waals surface area (Å²) in [6.45, 7) is 0.317. The van der Waals surface area contributed by atoms with Gasteiger partial charge in [0, 0.05) is 6.54 Å². The molecule has 2 atom stereocenters. The topological polar surface area (TPSA) is 77.1 Å². The van der Waals surface area contributed by atoms with Gasteiger partial charge in [0.1, 0.15) is 23.9 Å². The van der Waals surface area contributed by atoms with E-state index in [1.807, 2.05) is 18.0 Å². The average Bonchev–Trinajstić information content (AvgIpc) is 2.88. The van der Waals surface area contributed by atoms with Gasteiger partial charge in [-0.3, -0.25) is 4.90 Å². The van der Waals surface area contributed by atoms with E-state index in [2.05, 4.69) is 0 Å². The number of hydrogen-bond donors (Lipinski definition) is 3. The van der Waals surface area contributed by atoms with Crippen LogP contribution in [0.3, 0.4) is 0 Å². The van der Waals surface area contributed by atoms with Gasteiger partial charge in [-0.25, -0.2) is 0 Å². The van der Waals surface area contributed by atoms with Crippen molar-refractivity contribution >= 4 is 0 Å². The summed E-state index contributed by atoms with van der Waals surface area (Å²) in [5, 5.41) is 28.8. The summed E-state index contributed by atoms with van der Waals surface area (Å²) in [5.41, 5.74) is 1.62. The Labute approximate surface area is 116 Å². The molecule has 1 aliphatic rings. The molecule has 20 heavy (non-hydrogen) atoms. The van der Waals surface area contributed by atoms with E-state index in [0.717, 1.165) is 16.9 Å². The molecule has 0 aliphatic carbocycles. The second kappa shape index (κ2) is 4.94. The number of furan rings is 1. The lowest BCUT2D eigenvalue weighted by atomic mass is 9.89. The Kier molecular flexibility index (Phi) is 3.25. The first kappa shape index (κ1) is 13.2. The van der Waals surface area contributed by atoms with Gasteiger partial charge in [-0.2, -0.15) is 0 Å². The molecule has 1 aromatic carbocycles. The SMILES string of the molecule is CN1C[C@H](O)c2cc(O)ccc2[C@H]1c1ccc(CO)o1. The highest BCUT2D eigenvalue weighted by Crippen LogP contribution is 2.39. The first-order valence-electron chi connectivity index (χ1n) is 6.50. The van der Waals surface area contributed by atoms with Crippen molar-refractivity contribution in [2.24, 2.45) is 0 Å². The highest BCUT2D eigenvalue weighted by Gasteiger charge is 2.33. The number of nitrogens with zero attached hydrogens (tertiary/aromatic N) is 1. The fraction of sp³-hybridized carbons (Fsp3) is 0.333. The molecule has 3 N–H and O–H groups in total. The number of fused-ring (bicyclic) bond motifs is 1. The smallest absolute Gasteiger partial charge is 0.129 e. The van der Waals surface area contributed by atoms with Crippen LogP contribution in [-0.2, 0) is 6.61 Å². The second-order valence-electron chi connectivity index (χ2n) is 5.13. The van der Waals surface area contributed by atoms with Gasteiger partial charge in [-0.1, -0.05) is 6.07 Å². The van der Waals surface area contributed by atoms with Gasteiger partial charge in [0.15, 0.2) is 0 Å². The van der Waals surface area contributed by atoms with Crippen LogP contribution in [0.15, 0.2) is 34.7 Å². The Morgan fingerprint density at radius 3 is 2.75 bits per heavy atom. The molecule has 3 rings (SSSR count). The van der Waals surface area contributed by atoms with E-state index in [0.29, 0.717) is 12.3 Å². The summed E-state index contributed by atoms with van der Waals surface area (Å²) in [7, 11) is 1.91. The lowest BCUT2D eigenvalue weighted by molar-refractivity contribution is 0.0872. The molecule has 5 heteroatoms. The van der Waals surface area contributed by atoms with Crippen LogP contribution in [0.5, 0.6) is 5.75 Å². The lowest BCUT2D eigenvalue weighted by Crippen LogP contribution is -2.35. The first-order valence-corrected chi connectivity index (χ1v) is 6.50. The molecule has 106 valence electrons. The molecular weight excluding hydrogens is 258 g/mol. The minimum atomic E-state index is -0.634. The maximum atomic E-state index is 10.1. The van der Waals surface area contributed by atoms with E-state index in [9.17, 15) is 10.2 Å². The Balaban J connectivity index is 2.09. The number of benzene rings is 1. The first-order chi connectivity index (χ1) is 9.60. The zero-order valence-corrected chi connectivity index (χ0v) is 11.2. The van der Waals surface area contributed by atoms with E-state index >= 15 is 0 Å². The third-order valence-electron chi connectivity index (χ3n) is 3.73. The quantitative estimate of drug-likeness (QED) is 0.775. The van der Waals surface area contributed by atoms with Gasteiger partial charge in [0.25, 0.3) is 0 Å². The zero-order chi connectivity index (χ0) is 14.3. The van der Waals surface area contributed by atoms with Crippen molar-refractivity contribution in [3.05, 3.63) is 53.0 Å². The van der Waals surface area contributed by atoms with Gasteiger partial charge >= 0.3 is 0 Å². The third-order valence-corrected chi connectivity index (χ3v) is 3.73. The van der Waals surface area contributed by atoms with Crippen LogP contribution in [0.4, 0.5) is 0 Å². The molecule has 0 unspecified atom stereocenters. The number of likely N-dealkylation sites (N-methyl/N-ethyl adjacent to an activating group) is 1. The summed E-state index contributed by atoms with van der Waals surface area (Å²) in [5.74, 6) is 1.37. The van der Waals surface area contributed by atoms with Crippen LogP contribution >= 0.6 is 0 Å². The fourth-order valence-corrected chi connectivity index (χ4v) is 2.81. The maximum Gasteiger partial charge on any atom is 0.129 e. The summed E-state index contributed by atoms with van der Waals surface area (Å²) >= 11 is 0. The second-order valence-corrected chi connectivity index (χ2v) is 5.13. The summed E-state index contributed by atoms with van der Waals surface area (Å²) in [6, 6.07) is 8.45. The van der Waals surface area contributed by atoms with E-state index in [1.165, 1.54) is 0 Å². The normalized spacial score (nSPS) is 22.8.